The van der Waals surface area contributed by atoms with Gasteiger partial charge < -0.3 is 25.0 Å². The van der Waals surface area contributed by atoms with Crippen molar-refractivity contribution in [3.05, 3.63) is 29.8 Å². The molecule has 0 bridgehead atoms. The van der Waals surface area contributed by atoms with Crippen LogP contribution in [0.1, 0.15) is 18.4 Å². The number of alkyl halides is 2. The Hall–Kier alpha value is -0.640. The molecule has 0 amide bonds. The molecule has 0 unspecified atom stereocenters. The summed E-state index contributed by atoms with van der Waals surface area (Å²) in [4.78, 5) is 7.48. The second kappa shape index (κ2) is 12.9. The first kappa shape index (κ1) is 24.6. The highest BCUT2D eigenvalue weighted by Gasteiger charge is 2.40. The molecule has 7 nitrogen and oxygen atoms in total. The van der Waals surface area contributed by atoms with Crippen molar-refractivity contribution < 1.29 is 24.9 Å². The van der Waals surface area contributed by atoms with E-state index in [0.29, 0.717) is 18.3 Å². The summed E-state index contributed by atoms with van der Waals surface area (Å²) in [6.45, 7) is 2.03. The monoisotopic (exact) mass is 450 g/mol. The van der Waals surface area contributed by atoms with Crippen LogP contribution in [0.15, 0.2) is 24.3 Å². The zero-order valence-electron chi connectivity index (χ0n) is 16.8. The number of unbranched alkanes of at least 4 members (excludes halogenated alkanes) is 1. The van der Waals surface area contributed by atoms with Crippen LogP contribution in [0.25, 0.3) is 0 Å². The number of rotatable bonds is 12. The number of ether oxygens (including phenoxy) is 1. The first-order valence-corrected chi connectivity index (χ1v) is 11.0. The molecule has 1 aliphatic rings. The van der Waals surface area contributed by atoms with Crippen LogP contribution in [0.4, 0.5) is 5.69 Å². The maximum atomic E-state index is 10.1. The summed E-state index contributed by atoms with van der Waals surface area (Å²) >= 11 is 11.7. The average molecular weight is 451 g/mol. The quantitative estimate of drug-likeness (QED) is 0.253. The van der Waals surface area contributed by atoms with Gasteiger partial charge in [0, 0.05) is 37.1 Å². The van der Waals surface area contributed by atoms with Gasteiger partial charge in [0.2, 0.25) is 0 Å². The third-order valence-corrected chi connectivity index (χ3v) is 5.43. The number of aliphatic hydroxyl groups is 3. The van der Waals surface area contributed by atoms with Gasteiger partial charge in [-0.1, -0.05) is 12.1 Å². The van der Waals surface area contributed by atoms with E-state index in [0.717, 1.165) is 38.0 Å². The van der Waals surface area contributed by atoms with Crippen molar-refractivity contribution in [3.63, 3.8) is 0 Å². The maximum absolute atomic E-state index is 10.1. The molecule has 29 heavy (non-hydrogen) atoms. The summed E-state index contributed by atoms with van der Waals surface area (Å²) in [5.41, 5.74) is 2.35. The lowest BCUT2D eigenvalue weighted by Gasteiger charge is -2.39. The molecule has 0 aromatic heterocycles. The van der Waals surface area contributed by atoms with Crippen molar-refractivity contribution in [1.29, 1.82) is 0 Å². The van der Waals surface area contributed by atoms with E-state index in [9.17, 15) is 15.3 Å². The minimum absolute atomic E-state index is 0.0421. The molecule has 166 valence electrons. The largest absolute Gasteiger partial charge is 0.388 e. The number of aryl methyl sites for hydroxylation is 1. The van der Waals surface area contributed by atoms with Crippen molar-refractivity contribution in [2.45, 2.75) is 43.8 Å². The number of hydrogen-bond donors (Lipinski definition) is 3. The lowest BCUT2D eigenvalue weighted by Crippen LogP contribution is -2.58. The van der Waals surface area contributed by atoms with Gasteiger partial charge in [-0.05, 0) is 37.0 Å². The zero-order chi connectivity index (χ0) is 21.2. The molecular formula is C20H32Cl2N2O5. The first-order valence-electron chi connectivity index (χ1n) is 9.94. The van der Waals surface area contributed by atoms with Gasteiger partial charge in [0.05, 0.1) is 13.7 Å². The normalized spacial score (nSPS) is 24.8. The highest BCUT2D eigenvalue weighted by Crippen LogP contribution is 2.20. The highest BCUT2D eigenvalue weighted by atomic mass is 35.5. The van der Waals surface area contributed by atoms with Crippen molar-refractivity contribution in [2.75, 3.05) is 50.0 Å². The van der Waals surface area contributed by atoms with Gasteiger partial charge in [-0.2, -0.15) is 5.06 Å². The van der Waals surface area contributed by atoms with E-state index < -0.39 is 24.5 Å². The van der Waals surface area contributed by atoms with Gasteiger partial charge in [0.15, 0.2) is 6.23 Å². The lowest BCUT2D eigenvalue weighted by molar-refractivity contribution is -0.306. The number of nitrogens with zero attached hydrogens (tertiary/aromatic N) is 2. The number of anilines is 1. The van der Waals surface area contributed by atoms with Gasteiger partial charge >= 0.3 is 0 Å². The molecule has 1 fully saturated rings. The summed E-state index contributed by atoms with van der Waals surface area (Å²) in [5.74, 6) is 1.12. The van der Waals surface area contributed by atoms with E-state index in [2.05, 4.69) is 29.2 Å². The van der Waals surface area contributed by atoms with Crippen LogP contribution in [-0.2, 0) is 16.0 Å². The van der Waals surface area contributed by atoms with Gasteiger partial charge in [-0.3, -0.25) is 4.84 Å². The van der Waals surface area contributed by atoms with Gasteiger partial charge in [-0.15, -0.1) is 23.2 Å². The Bertz CT molecular complexity index is 574. The number of halogens is 2. The third kappa shape index (κ3) is 7.22. The van der Waals surface area contributed by atoms with E-state index in [4.69, 9.17) is 32.8 Å². The Morgan fingerprint density at radius 3 is 2.24 bits per heavy atom. The van der Waals surface area contributed by atoms with Gasteiger partial charge in [0.25, 0.3) is 0 Å². The molecule has 1 aromatic carbocycles. The van der Waals surface area contributed by atoms with Crippen molar-refractivity contribution >= 4 is 28.9 Å². The number of hydroxylamine groups is 2. The number of hydrogen-bond acceptors (Lipinski definition) is 7. The average Bonchev–Trinajstić information content (AvgIpc) is 2.73. The molecule has 0 aliphatic carbocycles. The molecule has 1 heterocycles. The van der Waals surface area contributed by atoms with Crippen molar-refractivity contribution in [3.8, 4) is 0 Å². The van der Waals surface area contributed by atoms with E-state index in [1.165, 1.54) is 17.7 Å². The summed E-state index contributed by atoms with van der Waals surface area (Å²) in [7, 11) is 1.50. The summed E-state index contributed by atoms with van der Waals surface area (Å²) in [6, 6.07) is 8.42. The number of aliphatic hydroxyl groups excluding tert-OH is 3. The fourth-order valence-corrected chi connectivity index (χ4v) is 3.82. The second-order valence-corrected chi connectivity index (χ2v) is 7.84. The Morgan fingerprint density at radius 1 is 1.00 bits per heavy atom. The topological polar surface area (TPSA) is 85.6 Å². The second-order valence-electron chi connectivity index (χ2n) is 7.08. The molecule has 0 saturated carbocycles. The minimum Gasteiger partial charge on any atom is -0.388 e. The lowest BCUT2D eigenvalue weighted by atomic mass is 10.0. The van der Waals surface area contributed by atoms with Crippen LogP contribution >= 0.6 is 23.2 Å². The summed E-state index contributed by atoms with van der Waals surface area (Å²) < 4.78 is 5.43. The fourth-order valence-electron chi connectivity index (χ4n) is 3.41. The van der Waals surface area contributed by atoms with Crippen LogP contribution in [0.2, 0.25) is 0 Å². The van der Waals surface area contributed by atoms with Gasteiger partial charge in [0.1, 0.15) is 18.3 Å². The number of benzene rings is 1. The Labute approximate surface area is 182 Å². The van der Waals surface area contributed by atoms with Crippen LogP contribution in [0, 0.1) is 0 Å². The molecule has 4 atom stereocenters. The van der Waals surface area contributed by atoms with Crippen LogP contribution < -0.4 is 4.90 Å². The van der Waals surface area contributed by atoms with Crippen LogP contribution in [0.3, 0.4) is 0 Å². The Morgan fingerprint density at radius 2 is 1.66 bits per heavy atom. The molecule has 3 N–H and O–H groups in total. The standard InChI is InChI=1S/C20H32Cl2N2O5/c1-28-24(20-19(27)18(26)17(25)14-29-20)11-3-2-4-15-5-7-16(8-6-15)23(12-9-21)13-10-22/h5-8,17-20,25-27H,2-4,9-14H2,1H3/t17-,18+,19-,20-/m0/s1. The highest BCUT2D eigenvalue weighted by molar-refractivity contribution is 6.18. The molecule has 1 saturated heterocycles. The van der Waals surface area contributed by atoms with E-state index in [-0.39, 0.29) is 6.61 Å². The SMILES string of the molecule is CON(CCCCc1ccc(N(CCCl)CCCl)cc1)[C@H]1OC[C@H](O)[C@@H](O)[C@@H]1O. The van der Waals surface area contributed by atoms with Crippen molar-refractivity contribution in [2.24, 2.45) is 0 Å². The Balaban J connectivity index is 1.79. The Kier molecular flexibility index (Phi) is 11.0. The van der Waals surface area contributed by atoms with E-state index in [1.807, 2.05) is 0 Å². The fraction of sp³-hybridized carbons (Fsp3) is 0.700. The minimum atomic E-state index is -1.25. The summed E-state index contributed by atoms with van der Waals surface area (Å²) in [5, 5.41) is 31.0. The first-order chi connectivity index (χ1) is 14.0. The van der Waals surface area contributed by atoms with E-state index in [1.54, 1.807) is 0 Å². The third-order valence-electron chi connectivity index (χ3n) is 5.10. The van der Waals surface area contributed by atoms with Crippen molar-refractivity contribution in [1.82, 2.24) is 5.06 Å². The molecular weight excluding hydrogens is 419 g/mol. The van der Waals surface area contributed by atoms with Crippen LogP contribution in [-0.4, -0.2) is 90.0 Å². The summed E-state index contributed by atoms with van der Waals surface area (Å²) in [6.07, 6.45) is -1.69. The van der Waals surface area contributed by atoms with Crippen LogP contribution in [0.5, 0.6) is 0 Å². The molecule has 2 rings (SSSR count). The molecule has 0 spiro atoms. The van der Waals surface area contributed by atoms with Gasteiger partial charge in [-0.25, -0.2) is 0 Å². The molecule has 0 radical (unpaired) electrons. The molecule has 1 aliphatic heterocycles. The zero-order valence-corrected chi connectivity index (χ0v) is 18.3. The maximum Gasteiger partial charge on any atom is 0.161 e. The molecule has 1 aromatic rings. The predicted octanol–water partition coefficient (Wildman–Crippen LogP) is 1.60. The smallest absolute Gasteiger partial charge is 0.161 e. The molecule has 9 heteroatoms. The predicted molar refractivity (Wildman–Crippen MR) is 115 cm³/mol. The van der Waals surface area contributed by atoms with E-state index >= 15 is 0 Å².